The van der Waals surface area contributed by atoms with Crippen LogP contribution >= 0.6 is 11.6 Å². The number of likely N-dealkylation sites (tertiary alicyclic amines) is 1. The van der Waals surface area contributed by atoms with Gasteiger partial charge in [0.2, 0.25) is 11.8 Å². The highest BCUT2D eigenvalue weighted by Crippen LogP contribution is 2.11. The van der Waals surface area contributed by atoms with Crippen LogP contribution in [0, 0.1) is 0 Å². The maximum atomic E-state index is 12.1. The fourth-order valence-electron chi connectivity index (χ4n) is 3.28. The summed E-state index contributed by atoms with van der Waals surface area (Å²) in [6, 6.07) is 3.63. The van der Waals surface area contributed by atoms with E-state index in [1.165, 1.54) is 6.20 Å². The lowest BCUT2D eigenvalue weighted by molar-refractivity contribution is -0.122. The van der Waals surface area contributed by atoms with Crippen LogP contribution < -0.4 is 27.4 Å². The number of aromatic nitrogens is 1. The highest BCUT2D eigenvalue weighted by Gasteiger charge is 2.20. The van der Waals surface area contributed by atoms with Crippen molar-refractivity contribution in [3.63, 3.8) is 0 Å². The van der Waals surface area contributed by atoms with E-state index in [1.54, 1.807) is 12.1 Å². The first-order valence-corrected chi connectivity index (χ1v) is 11.0. The third kappa shape index (κ3) is 10.8. The van der Waals surface area contributed by atoms with Crippen molar-refractivity contribution in [1.29, 1.82) is 0 Å². The van der Waals surface area contributed by atoms with Crippen molar-refractivity contribution < 1.29 is 9.59 Å². The van der Waals surface area contributed by atoms with Gasteiger partial charge in [0.15, 0.2) is 5.96 Å². The van der Waals surface area contributed by atoms with E-state index in [9.17, 15) is 9.59 Å². The van der Waals surface area contributed by atoms with Gasteiger partial charge in [0.25, 0.3) is 0 Å². The average Bonchev–Trinajstić information content (AvgIpc) is 2.74. The zero-order valence-corrected chi connectivity index (χ0v) is 18.5. The molecule has 11 heteroatoms. The Morgan fingerprint density at radius 2 is 1.97 bits per heavy atom. The van der Waals surface area contributed by atoms with Gasteiger partial charge in [-0.05, 0) is 37.8 Å². The van der Waals surface area contributed by atoms with Crippen LogP contribution in [0.5, 0.6) is 0 Å². The Labute approximate surface area is 188 Å². The molecule has 0 aliphatic carbocycles. The van der Waals surface area contributed by atoms with Gasteiger partial charge in [-0.1, -0.05) is 11.6 Å². The average molecular weight is 453 g/mol. The summed E-state index contributed by atoms with van der Waals surface area (Å²) in [5, 5.41) is 9.55. The quantitative estimate of drug-likeness (QED) is 0.173. The molecular weight excluding hydrogens is 420 g/mol. The van der Waals surface area contributed by atoms with Crippen molar-refractivity contribution in [3.05, 3.63) is 23.4 Å². The van der Waals surface area contributed by atoms with Crippen LogP contribution in [0.1, 0.15) is 32.1 Å². The normalized spacial score (nSPS) is 14.6. The molecule has 1 aliphatic heterocycles. The number of carbonyl (C=O) groups excluding carboxylic acids is 2. The highest BCUT2D eigenvalue weighted by atomic mass is 35.5. The van der Waals surface area contributed by atoms with Crippen LogP contribution in [0.3, 0.4) is 0 Å². The summed E-state index contributed by atoms with van der Waals surface area (Å²) >= 11 is 5.80. The van der Waals surface area contributed by atoms with E-state index in [1.807, 2.05) is 0 Å². The van der Waals surface area contributed by atoms with Crippen molar-refractivity contribution in [2.24, 2.45) is 16.5 Å². The summed E-state index contributed by atoms with van der Waals surface area (Å²) in [7, 11) is 0. The third-order valence-corrected chi connectivity index (χ3v) is 5.19. The summed E-state index contributed by atoms with van der Waals surface area (Å²) in [4.78, 5) is 34.3. The van der Waals surface area contributed by atoms with Gasteiger partial charge in [0.05, 0.1) is 11.6 Å². The lowest BCUT2D eigenvalue weighted by atomic mass is 10.1. The van der Waals surface area contributed by atoms with Gasteiger partial charge < -0.3 is 32.3 Å². The smallest absolute Gasteiger partial charge is 0.239 e. The largest absolute Gasteiger partial charge is 0.370 e. The second kappa shape index (κ2) is 13.7. The minimum Gasteiger partial charge on any atom is -0.370 e. The zero-order valence-electron chi connectivity index (χ0n) is 17.8. The van der Waals surface area contributed by atoms with E-state index in [2.05, 4.69) is 30.8 Å². The Balaban J connectivity index is 1.51. The number of nitrogens with two attached hydrogens (primary N) is 2. The minimum atomic E-state index is -0.0534. The minimum absolute atomic E-state index is 0.0505. The number of carbonyl (C=O) groups is 2. The van der Waals surface area contributed by atoms with Gasteiger partial charge in [-0.15, -0.1) is 0 Å². The summed E-state index contributed by atoms with van der Waals surface area (Å²) in [5.41, 5.74) is 10.5. The maximum absolute atomic E-state index is 12.1. The van der Waals surface area contributed by atoms with Gasteiger partial charge in [-0.2, -0.15) is 0 Å². The summed E-state index contributed by atoms with van der Waals surface area (Å²) < 4.78 is 0. The van der Waals surface area contributed by atoms with Crippen LogP contribution in [-0.4, -0.2) is 73.0 Å². The van der Waals surface area contributed by atoms with E-state index in [4.69, 9.17) is 23.1 Å². The monoisotopic (exact) mass is 452 g/mol. The summed E-state index contributed by atoms with van der Waals surface area (Å²) in [5.74, 6) is 0.696. The Bertz CT molecular complexity index is 716. The number of hydrogen-bond acceptors (Lipinski definition) is 6. The molecule has 0 radical (unpaired) electrons. The number of amides is 2. The van der Waals surface area contributed by atoms with Crippen molar-refractivity contribution in [2.45, 2.75) is 38.1 Å². The second-order valence-electron chi connectivity index (χ2n) is 7.51. The Kier molecular flexibility index (Phi) is 10.9. The molecule has 1 aliphatic rings. The summed E-state index contributed by atoms with van der Waals surface area (Å²) in [6.45, 7) is 3.95. The molecule has 172 valence electrons. The van der Waals surface area contributed by atoms with Crippen LogP contribution in [0.2, 0.25) is 5.02 Å². The molecule has 0 aromatic carbocycles. The van der Waals surface area contributed by atoms with E-state index in [-0.39, 0.29) is 30.4 Å². The maximum Gasteiger partial charge on any atom is 0.239 e. The number of nitrogens with one attached hydrogen (secondary N) is 3. The van der Waals surface area contributed by atoms with E-state index in [0.717, 1.165) is 45.3 Å². The number of halogens is 1. The molecule has 0 saturated carbocycles. The van der Waals surface area contributed by atoms with Crippen LogP contribution in [0.15, 0.2) is 23.3 Å². The number of piperidine rings is 1. The SMILES string of the molecule is NC(N)=NCCCCC(=O)NCCN1CCC(NC(=O)CNc2ccc(Cl)cn2)CC1. The lowest BCUT2D eigenvalue weighted by Crippen LogP contribution is -2.47. The molecule has 0 bridgehead atoms. The molecule has 1 saturated heterocycles. The molecule has 2 rings (SSSR count). The first kappa shape index (κ1) is 24.7. The fourth-order valence-corrected chi connectivity index (χ4v) is 3.39. The Hall–Kier alpha value is -2.59. The molecule has 2 amide bonds. The summed E-state index contributed by atoms with van der Waals surface area (Å²) in [6.07, 6.45) is 5.35. The van der Waals surface area contributed by atoms with E-state index >= 15 is 0 Å². The van der Waals surface area contributed by atoms with Gasteiger partial charge in [-0.25, -0.2) is 4.98 Å². The second-order valence-corrected chi connectivity index (χ2v) is 7.95. The van der Waals surface area contributed by atoms with Crippen molar-refractivity contribution in [1.82, 2.24) is 20.5 Å². The predicted molar refractivity (Wildman–Crippen MR) is 123 cm³/mol. The number of pyridine rings is 1. The number of rotatable bonds is 12. The van der Waals surface area contributed by atoms with Gasteiger partial charge in [0, 0.05) is 51.4 Å². The highest BCUT2D eigenvalue weighted by molar-refractivity contribution is 6.30. The number of guanidine groups is 1. The van der Waals surface area contributed by atoms with Crippen molar-refractivity contribution >= 4 is 35.2 Å². The van der Waals surface area contributed by atoms with Gasteiger partial charge >= 0.3 is 0 Å². The standard InChI is InChI=1S/C20H33ClN8O2/c21-15-4-5-17(26-13-15)27-14-19(31)28-16-6-10-29(11-7-16)12-9-24-18(30)3-1-2-8-25-20(22)23/h4-5,13,16H,1-3,6-12,14H2,(H,24,30)(H,26,27)(H,28,31)(H4,22,23,25). The van der Waals surface area contributed by atoms with Gasteiger partial charge in [-0.3, -0.25) is 14.6 Å². The fraction of sp³-hybridized carbons (Fsp3) is 0.600. The predicted octanol–water partition coefficient (Wildman–Crippen LogP) is 0.287. The van der Waals surface area contributed by atoms with Crippen molar-refractivity contribution in [3.8, 4) is 0 Å². The third-order valence-electron chi connectivity index (χ3n) is 4.97. The van der Waals surface area contributed by atoms with E-state index < -0.39 is 0 Å². The molecule has 31 heavy (non-hydrogen) atoms. The lowest BCUT2D eigenvalue weighted by Gasteiger charge is -2.32. The van der Waals surface area contributed by atoms with Gasteiger partial charge in [0.1, 0.15) is 5.82 Å². The topological polar surface area (TPSA) is 151 Å². The van der Waals surface area contributed by atoms with Crippen LogP contribution in [0.25, 0.3) is 0 Å². The molecule has 7 N–H and O–H groups in total. The first-order valence-electron chi connectivity index (χ1n) is 10.6. The molecule has 0 unspecified atom stereocenters. The zero-order chi connectivity index (χ0) is 22.5. The number of anilines is 1. The molecule has 2 heterocycles. The Morgan fingerprint density at radius 3 is 2.65 bits per heavy atom. The molecule has 1 aromatic heterocycles. The molecule has 10 nitrogen and oxygen atoms in total. The Morgan fingerprint density at radius 1 is 1.19 bits per heavy atom. The number of aliphatic imine (C=N–C) groups is 1. The number of unbranched alkanes of at least 4 members (excludes halogenated alkanes) is 1. The number of hydrogen-bond donors (Lipinski definition) is 5. The molecule has 0 atom stereocenters. The van der Waals surface area contributed by atoms with Crippen LogP contribution in [-0.2, 0) is 9.59 Å². The van der Waals surface area contributed by atoms with Crippen LogP contribution in [0.4, 0.5) is 5.82 Å². The molecule has 1 fully saturated rings. The molecule has 0 spiro atoms. The van der Waals surface area contributed by atoms with E-state index in [0.29, 0.717) is 30.4 Å². The first-order chi connectivity index (χ1) is 14.9. The molecule has 1 aromatic rings. The molecular formula is C20H33ClN8O2. The number of nitrogens with zero attached hydrogens (tertiary/aromatic N) is 3. The van der Waals surface area contributed by atoms with Crippen molar-refractivity contribution in [2.75, 3.05) is 44.6 Å².